The third kappa shape index (κ3) is 2.73. The predicted octanol–water partition coefficient (Wildman–Crippen LogP) is 5.30. The third-order valence-electron chi connectivity index (χ3n) is 6.19. The molecule has 1 aromatic heterocycles. The Kier molecular flexibility index (Phi) is 4.46. The Morgan fingerprint density at radius 1 is 1.03 bits per heavy atom. The number of hydrogen-bond acceptors (Lipinski definition) is 5. The molecule has 0 radical (unpaired) electrons. The average molecular weight is 425 g/mol. The Labute approximate surface area is 183 Å². The van der Waals surface area contributed by atoms with Crippen LogP contribution in [0.1, 0.15) is 38.3 Å². The van der Waals surface area contributed by atoms with Crippen molar-refractivity contribution in [3.63, 3.8) is 0 Å². The molecule has 4 nitrogen and oxygen atoms in total. The zero-order chi connectivity index (χ0) is 21.6. The van der Waals surface area contributed by atoms with Crippen molar-refractivity contribution >= 4 is 23.2 Å². The number of benzene rings is 2. The molecule has 3 heterocycles. The first kappa shape index (κ1) is 19.2. The maximum atomic E-state index is 13.7. The molecule has 2 aromatic carbocycles. The van der Waals surface area contributed by atoms with Crippen LogP contribution in [0.2, 0.25) is 0 Å². The van der Waals surface area contributed by atoms with Gasteiger partial charge in [-0.2, -0.15) is 10.5 Å². The monoisotopic (exact) mass is 425 g/mol. The molecule has 0 aliphatic carbocycles. The zero-order valence-corrected chi connectivity index (χ0v) is 17.1. The van der Waals surface area contributed by atoms with Crippen molar-refractivity contribution in [2.45, 2.75) is 18.0 Å². The van der Waals surface area contributed by atoms with Crippen LogP contribution in [-0.2, 0) is 0 Å². The summed E-state index contributed by atoms with van der Waals surface area (Å²) in [6.45, 7) is 0. The first-order valence-corrected chi connectivity index (χ1v) is 10.7. The second-order valence-corrected chi connectivity index (χ2v) is 8.68. The number of halogens is 1. The number of nitriles is 2. The Morgan fingerprint density at radius 2 is 1.77 bits per heavy atom. The second-order valence-electron chi connectivity index (χ2n) is 7.70. The van der Waals surface area contributed by atoms with Gasteiger partial charge in [-0.25, -0.2) is 4.39 Å². The Morgan fingerprint density at radius 3 is 2.45 bits per heavy atom. The first-order chi connectivity index (χ1) is 15.1. The van der Waals surface area contributed by atoms with E-state index in [2.05, 4.69) is 12.1 Å². The highest BCUT2D eigenvalue weighted by molar-refractivity contribution is 7.10. The van der Waals surface area contributed by atoms with Crippen molar-refractivity contribution in [1.29, 1.82) is 10.5 Å². The van der Waals surface area contributed by atoms with Crippen molar-refractivity contribution in [2.75, 3.05) is 0 Å². The summed E-state index contributed by atoms with van der Waals surface area (Å²) in [5.41, 5.74) is 0.666. The molecule has 150 valence electrons. The minimum absolute atomic E-state index is 0.236. The number of rotatable bonds is 3. The summed E-state index contributed by atoms with van der Waals surface area (Å²) in [5.74, 6) is -1.31. The van der Waals surface area contributed by atoms with Gasteiger partial charge in [0.2, 0.25) is 0 Å². The summed E-state index contributed by atoms with van der Waals surface area (Å²) in [6.07, 6.45) is 3.73. The molecule has 6 heteroatoms. The second kappa shape index (κ2) is 7.19. The van der Waals surface area contributed by atoms with Gasteiger partial charge in [-0.3, -0.25) is 4.79 Å². The van der Waals surface area contributed by atoms with Gasteiger partial charge in [-0.15, -0.1) is 11.3 Å². The lowest BCUT2D eigenvalue weighted by atomic mass is 9.69. The van der Waals surface area contributed by atoms with Gasteiger partial charge in [0, 0.05) is 16.6 Å². The molecule has 0 N–H and O–H groups in total. The van der Waals surface area contributed by atoms with E-state index in [1.54, 1.807) is 0 Å². The number of hydrogen-bond donors (Lipinski definition) is 0. The van der Waals surface area contributed by atoms with Gasteiger partial charge in [0.05, 0.1) is 24.1 Å². The number of fused-ring (bicyclic) bond motifs is 3. The molecule has 1 fully saturated rings. The Hall–Kier alpha value is -3.74. The number of ketones is 1. The molecular formula is C25H16FN3OS. The fourth-order valence-electron chi connectivity index (χ4n) is 4.86. The number of carbonyl (C=O) groups excluding carboxylic acids is 1. The fourth-order valence-corrected chi connectivity index (χ4v) is 5.79. The van der Waals surface area contributed by atoms with Gasteiger partial charge >= 0.3 is 0 Å². The average Bonchev–Trinajstić information content (AvgIpc) is 3.43. The van der Waals surface area contributed by atoms with Gasteiger partial charge in [-0.1, -0.05) is 30.3 Å². The molecule has 0 bridgehead atoms. The highest BCUT2D eigenvalue weighted by Crippen LogP contribution is 2.60. The summed E-state index contributed by atoms with van der Waals surface area (Å²) in [7, 11) is 0. The maximum absolute atomic E-state index is 13.7. The van der Waals surface area contributed by atoms with E-state index in [-0.39, 0.29) is 5.78 Å². The molecule has 3 atom stereocenters. The Bertz CT molecular complexity index is 1250. The standard InChI is InChI=1S/C25H16FN3OS/c26-18-9-7-17(8-10-18)23(30)22-21(20-6-3-13-31-20)25(14-27,15-28)24-19-5-2-1-4-16(19)11-12-29(22)24/h1-13,21-22,24H/t21?,22-,24+/m1/s1. The van der Waals surface area contributed by atoms with Gasteiger partial charge < -0.3 is 4.90 Å². The third-order valence-corrected chi connectivity index (χ3v) is 7.15. The zero-order valence-electron chi connectivity index (χ0n) is 16.3. The van der Waals surface area contributed by atoms with E-state index in [0.717, 1.165) is 16.0 Å². The summed E-state index contributed by atoms with van der Waals surface area (Å²) in [6, 6.07) is 20.1. The molecule has 0 saturated carbocycles. The van der Waals surface area contributed by atoms with Crippen LogP contribution in [0, 0.1) is 33.9 Å². The molecule has 1 saturated heterocycles. The smallest absolute Gasteiger partial charge is 0.185 e. The molecular weight excluding hydrogens is 409 g/mol. The molecule has 0 spiro atoms. The van der Waals surface area contributed by atoms with Crippen LogP contribution in [-0.4, -0.2) is 16.7 Å². The summed E-state index contributed by atoms with van der Waals surface area (Å²) >= 11 is 1.43. The van der Waals surface area contributed by atoms with Crippen molar-refractivity contribution < 1.29 is 9.18 Å². The molecule has 31 heavy (non-hydrogen) atoms. The predicted molar refractivity (Wildman–Crippen MR) is 115 cm³/mol. The van der Waals surface area contributed by atoms with Gasteiger partial charge in [0.25, 0.3) is 0 Å². The van der Waals surface area contributed by atoms with E-state index in [9.17, 15) is 19.7 Å². The summed E-state index contributed by atoms with van der Waals surface area (Å²) in [5, 5.41) is 22.6. The van der Waals surface area contributed by atoms with Crippen molar-refractivity contribution in [1.82, 2.24) is 4.90 Å². The topological polar surface area (TPSA) is 67.9 Å². The Balaban J connectivity index is 1.75. The summed E-state index contributed by atoms with van der Waals surface area (Å²) in [4.78, 5) is 16.4. The normalized spacial score (nSPS) is 22.8. The van der Waals surface area contributed by atoms with Crippen LogP contribution in [0.5, 0.6) is 0 Å². The lowest BCUT2D eigenvalue weighted by Crippen LogP contribution is -2.37. The molecule has 3 aromatic rings. The number of carbonyl (C=O) groups is 1. The van der Waals surface area contributed by atoms with E-state index < -0.39 is 29.2 Å². The van der Waals surface area contributed by atoms with Crippen LogP contribution in [0.4, 0.5) is 4.39 Å². The molecule has 2 aliphatic rings. The highest BCUT2D eigenvalue weighted by atomic mass is 32.1. The molecule has 1 unspecified atom stereocenters. The van der Waals surface area contributed by atoms with Crippen LogP contribution in [0.3, 0.4) is 0 Å². The number of nitrogens with zero attached hydrogens (tertiary/aromatic N) is 3. The number of thiophene rings is 1. The molecule has 2 aliphatic heterocycles. The van der Waals surface area contributed by atoms with Crippen LogP contribution in [0.15, 0.2) is 72.2 Å². The van der Waals surface area contributed by atoms with Crippen LogP contribution in [0.25, 0.3) is 6.08 Å². The van der Waals surface area contributed by atoms with E-state index in [1.807, 2.05) is 59.0 Å². The van der Waals surface area contributed by atoms with Crippen molar-refractivity contribution in [3.8, 4) is 12.1 Å². The first-order valence-electron chi connectivity index (χ1n) is 9.81. The van der Waals surface area contributed by atoms with E-state index in [0.29, 0.717) is 5.56 Å². The highest BCUT2D eigenvalue weighted by Gasteiger charge is 2.64. The molecule has 0 amide bonds. The van der Waals surface area contributed by atoms with Crippen LogP contribution < -0.4 is 0 Å². The number of Topliss-reactive ketones (excluding diaryl/α,β-unsaturated/α-hetero) is 1. The van der Waals surface area contributed by atoms with Crippen LogP contribution >= 0.6 is 11.3 Å². The van der Waals surface area contributed by atoms with E-state index in [4.69, 9.17) is 0 Å². The minimum Gasteiger partial charge on any atom is -0.357 e. The summed E-state index contributed by atoms with van der Waals surface area (Å²) < 4.78 is 13.5. The van der Waals surface area contributed by atoms with Crippen molar-refractivity contribution in [3.05, 3.63) is 99.6 Å². The fraction of sp³-hybridized carbons (Fsp3) is 0.160. The largest absolute Gasteiger partial charge is 0.357 e. The maximum Gasteiger partial charge on any atom is 0.185 e. The lowest BCUT2D eigenvalue weighted by Gasteiger charge is -2.34. The SMILES string of the molecule is N#CC1(C#N)C(c2cccs2)[C@H](C(=O)c2ccc(F)cc2)N2C=Cc3ccccc3[C@H]21. The van der Waals surface area contributed by atoms with E-state index >= 15 is 0 Å². The quantitative estimate of drug-likeness (QED) is 0.534. The van der Waals surface area contributed by atoms with Gasteiger partial charge in [-0.05, 0) is 52.9 Å². The van der Waals surface area contributed by atoms with Gasteiger partial charge in [0.1, 0.15) is 11.9 Å². The van der Waals surface area contributed by atoms with Crippen molar-refractivity contribution in [2.24, 2.45) is 5.41 Å². The van der Waals surface area contributed by atoms with Gasteiger partial charge in [0.15, 0.2) is 11.2 Å². The molecule has 5 rings (SSSR count). The lowest BCUT2D eigenvalue weighted by molar-refractivity contribution is 0.0875. The van der Waals surface area contributed by atoms with E-state index in [1.165, 1.54) is 35.6 Å². The minimum atomic E-state index is -1.47.